The van der Waals surface area contributed by atoms with E-state index in [-0.39, 0.29) is 25.5 Å². The Morgan fingerprint density at radius 3 is 2.23 bits per heavy atom. The number of hydrogen-bond donors (Lipinski definition) is 0. The summed E-state index contributed by atoms with van der Waals surface area (Å²) < 4.78 is 8.55. The molecule has 1 radical (unpaired) electrons. The number of rotatable bonds is 7. The predicted octanol–water partition coefficient (Wildman–Crippen LogP) is 13.9. The second-order valence-electron chi connectivity index (χ2n) is 18.8. The van der Waals surface area contributed by atoms with Gasteiger partial charge in [-0.15, -0.1) is 47.5 Å². The first-order valence-electron chi connectivity index (χ1n) is 21.8. The molecule has 315 valence electrons. The van der Waals surface area contributed by atoms with Gasteiger partial charge in [0.1, 0.15) is 5.58 Å². The Hall–Kier alpha value is -5.46. The van der Waals surface area contributed by atoms with Crippen LogP contribution in [-0.2, 0) is 31.9 Å². The minimum absolute atomic E-state index is 0. The molecule has 0 spiro atoms. The summed E-state index contributed by atoms with van der Waals surface area (Å²) >= 11 is 0. The third-order valence-electron chi connectivity index (χ3n) is 12.2. The van der Waals surface area contributed by atoms with Gasteiger partial charge in [0.15, 0.2) is 0 Å². The van der Waals surface area contributed by atoms with Crippen LogP contribution in [0.25, 0.3) is 72.4 Å². The maximum Gasteiger partial charge on any atom is 0.123 e. The molecular formula is C55H54IrN4OSi-2. The molecule has 0 bridgehead atoms. The van der Waals surface area contributed by atoms with E-state index >= 15 is 0 Å². The zero-order chi connectivity index (χ0) is 42.3. The summed E-state index contributed by atoms with van der Waals surface area (Å²) in [4.78, 5) is 14.5. The van der Waals surface area contributed by atoms with E-state index in [4.69, 9.17) is 14.4 Å². The van der Waals surface area contributed by atoms with Gasteiger partial charge < -0.3 is 14.0 Å². The molecule has 0 atom stereocenters. The van der Waals surface area contributed by atoms with Crippen molar-refractivity contribution in [2.45, 2.75) is 84.9 Å². The van der Waals surface area contributed by atoms with Gasteiger partial charge in [-0.2, -0.15) is 0 Å². The maximum absolute atomic E-state index is 6.36. The fraction of sp³-hybridized carbons (Fsp3) is 0.255. The van der Waals surface area contributed by atoms with E-state index in [1.165, 1.54) is 37.7 Å². The van der Waals surface area contributed by atoms with Crippen molar-refractivity contribution in [3.05, 3.63) is 163 Å². The van der Waals surface area contributed by atoms with E-state index in [1.807, 2.05) is 49.5 Å². The van der Waals surface area contributed by atoms with Crippen molar-refractivity contribution in [2.24, 2.45) is 5.92 Å². The topological polar surface area (TPSA) is 56.7 Å². The molecule has 0 amide bonds. The number of benzene rings is 5. The van der Waals surface area contributed by atoms with Crippen LogP contribution in [0.15, 0.2) is 138 Å². The van der Waals surface area contributed by atoms with Gasteiger partial charge in [-0.3, -0.25) is 9.97 Å². The molecule has 0 N–H and O–H groups in total. The molecule has 5 nitrogen and oxygen atoms in total. The Balaban J connectivity index is 0.000000196. The number of aryl methyl sites for hydroxylation is 1. The Morgan fingerprint density at radius 1 is 0.790 bits per heavy atom. The standard InChI is InChI=1S/C35H28N3O.C20H26NSi.Ir/c1-22-18-29-30(21-36-22)38(26-16-14-25(15-17-26)35(2,3)4)34(37-29)24-19-28(23-10-6-5-7-11-23)33-27-12-8-9-13-31(27)39-32(33)20-24;1-22(2,3)20-15-21-19(17-11-5-4-6-12-17)14-18(20)13-16-9-7-8-10-16;/h5-19,21H,1-4H3;4-6,11,14-16H,7-10,13H2,1-3H3;/q2*-1;. The summed E-state index contributed by atoms with van der Waals surface area (Å²) in [5.41, 5.74) is 13.6. The van der Waals surface area contributed by atoms with Crippen molar-refractivity contribution < 1.29 is 24.5 Å². The molecule has 1 saturated carbocycles. The van der Waals surface area contributed by atoms with Crippen LogP contribution in [0.4, 0.5) is 0 Å². The van der Waals surface area contributed by atoms with E-state index < -0.39 is 8.07 Å². The number of fused-ring (bicyclic) bond motifs is 4. The average molecular weight is 1010 g/mol. The number of hydrogen-bond acceptors (Lipinski definition) is 4. The summed E-state index contributed by atoms with van der Waals surface area (Å²) in [6.45, 7) is 16.0. The monoisotopic (exact) mass is 1010 g/mol. The first-order valence-corrected chi connectivity index (χ1v) is 25.3. The van der Waals surface area contributed by atoms with Crippen LogP contribution in [0.5, 0.6) is 0 Å². The minimum Gasteiger partial charge on any atom is -0.477 e. The predicted molar refractivity (Wildman–Crippen MR) is 256 cm³/mol. The second-order valence-corrected chi connectivity index (χ2v) is 23.8. The SMILES string of the molecule is C[Si](C)(C)c1cnc(-c2[c-]cccc2)cc1CC1CCCC1.Cc1cc2nc(-c3[c-]c4oc5ccccc5c4c(-c4ccccc4)c3)n(-c3ccc(C(C)(C)C)cc3)c2cn1.[Ir]. The van der Waals surface area contributed by atoms with Crippen LogP contribution in [-0.4, -0.2) is 27.6 Å². The molecular weight excluding hydrogens is 953 g/mol. The van der Waals surface area contributed by atoms with E-state index in [9.17, 15) is 0 Å². The van der Waals surface area contributed by atoms with Crippen LogP contribution in [0.2, 0.25) is 19.6 Å². The van der Waals surface area contributed by atoms with Gasteiger partial charge in [0.2, 0.25) is 0 Å². The molecule has 0 unspecified atom stereocenters. The normalized spacial score (nSPS) is 13.3. The van der Waals surface area contributed by atoms with Crippen LogP contribution in [0.1, 0.15) is 63.3 Å². The quantitative estimate of drug-likeness (QED) is 0.118. The Bertz CT molecular complexity index is 2970. The van der Waals surface area contributed by atoms with Gasteiger partial charge in [-0.1, -0.05) is 150 Å². The maximum atomic E-state index is 6.36. The second kappa shape index (κ2) is 17.7. The Kier molecular flexibility index (Phi) is 12.3. The molecule has 5 aromatic carbocycles. The van der Waals surface area contributed by atoms with Crippen molar-refractivity contribution in [3.8, 4) is 39.5 Å². The smallest absolute Gasteiger partial charge is 0.123 e. The van der Waals surface area contributed by atoms with Gasteiger partial charge in [0.05, 0.1) is 36.7 Å². The molecule has 4 heterocycles. The first kappa shape index (κ1) is 43.2. The zero-order valence-electron chi connectivity index (χ0n) is 36.8. The molecule has 4 aromatic heterocycles. The molecule has 1 fully saturated rings. The summed E-state index contributed by atoms with van der Waals surface area (Å²) in [6, 6.07) is 49.0. The molecule has 0 aliphatic heterocycles. The van der Waals surface area contributed by atoms with Crippen molar-refractivity contribution in [2.75, 3.05) is 0 Å². The van der Waals surface area contributed by atoms with Crippen LogP contribution in [0.3, 0.4) is 0 Å². The molecule has 7 heteroatoms. The van der Waals surface area contributed by atoms with E-state index in [1.54, 1.807) is 10.8 Å². The molecule has 62 heavy (non-hydrogen) atoms. The van der Waals surface area contributed by atoms with Crippen LogP contribution in [0, 0.1) is 25.0 Å². The molecule has 10 rings (SSSR count). The number of aromatic nitrogens is 4. The molecule has 1 aliphatic carbocycles. The van der Waals surface area contributed by atoms with Crippen molar-refractivity contribution in [3.63, 3.8) is 0 Å². The van der Waals surface area contributed by atoms with Crippen molar-refractivity contribution >= 4 is 46.2 Å². The summed E-state index contributed by atoms with van der Waals surface area (Å²) in [5, 5.41) is 3.69. The largest absolute Gasteiger partial charge is 0.477 e. The summed E-state index contributed by atoms with van der Waals surface area (Å²) in [5.74, 6) is 1.69. The average Bonchev–Trinajstić information content (AvgIpc) is 4.01. The van der Waals surface area contributed by atoms with E-state index in [2.05, 4.69) is 153 Å². The van der Waals surface area contributed by atoms with Crippen LogP contribution < -0.4 is 5.19 Å². The Labute approximate surface area is 381 Å². The number of para-hydroxylation sites is 1. The first-order chi connectivity index (χ1) is 29.4. The minimum atomic E-state index is -1.35. The van der Waals surface area contributed by atoms with Gasteiger partial charge in [0, 0.05) is 37.7 Å². The summed E-state index contributed by atoms with van der Waals surface area (Å²) in [6.07, 6.45) is 10.9. The van der Waals surface area contributed by atoms with E-state index in [0.717, 1.165) is 84.0 Å². The number of pyridine rings is 2. The van der Waals surface area contributed by atoms with Gasteiger partial charge in [-0.05, 0) is 81.7 Å². The van der Waals surface area contributed by atoms with Crippen molar-refractivity contribution in [1.82, 2.24) is 19.5 Å². The zero-order valence-corrected chi connectivity index (χ0v) is 40.2. The molecule has 1 aliphatic rings. The fourth-order valence-electron chi connectivity index (χ4n) is 8.94. The van der Waals surface area contributed by atoms with Gasteiger partial charge in [0.25, 0.3) is 0 Å². The van der Waals surface area contributed by atoms with Gasteiger partial charge in [-0.25, -0.2) is 0 Å². The van der Waals surface area contributed by atoms with Crippen molar-refractivity contribution in [1.29, 1.82) is 0 Å². The Morgan fingerprint density at radius 2 is 1.52 bits per heavy atom. The third-order valence-corrected chi connectivity index (χ3v) is 14.2. The fourth-order valence-corrected chi connectivity index (χ4v) is 10.5. The molecule has 0 saturated heterocycles. The van der Waals surface area contributed by atoms with Crippen LogP contribution >= 0.6 is 0 Å². The third kappa shape index (κ3) is 8.90. The molecule has 9 aromatic rings. The number of nitrogens with zero attached hydrogens (tertiary/aromatic N) is 4. The summed E-state index contributed by atoms with van der Waals surface area (Å²) in [7, 11) is -1.35. The number of imidazole rings is 1. The number of furan rings is 1. The van der Waals surface area contributed by atoms with E-state index in [0.29, 0.717) is 0 Å². The van der Waals surface area contributed by atoms with Gasteiger partial charge >= 0.3 is 0 Å².